The lowest BCUT2D eigenvalue weighted by molar-refractivity contribution is -0.113. The number of benzene rings is 2. The third-order valence-corrected chi connectivity index (χ3v) is 6.14. The number of hydrogen-bond donors (Lipinski definition) is 0. The SMILES string of the molecule is CCCOc1ccc(/C=C2\SC(=S)N(c3ccc(Br)c(Cl)c3)C2=O)cc1. The summed E-state index contributed by atoms with van der Waals surface area (Å²) in [4.78, 5) is 14.9. The van der Waals surface area contributed by atoms with Gasteiger partial charge in [0.15, 0.2) is 4.32 Å². The van der Waals surface area contributed by atoms with Gasteiger partial charge in [0.05, 0.1) is 22.2 Å². The smallest absolute Gasteiger partial charge is 0.270 e. The molecule has 7 heteroatoms. The number of thiocarbonyl (C=S) groups is 1. The van der Waals surface area contributed by atoms with Crippen LogP contribution in [-0.2, 0) is 4.79 Å². The average molecular weight is 469 g/mol. The summed E-state index contributed by atoms with van der Waals surface area (Å²) in [6, 6.07) is 13.0. The van der Waals surface area contributed by atoms with Gasteiger partial charge < -0.3 is 4.74 Å². The minimum atomic E-state index is -0.148. The van der Waals surface area contributed by atoms with Gasteiger partial charge in [-0.2, -0.15) is 0 Å². The first-order valence-corrected chi connectivity index (χ1v) is 10.3. The molecule has 0 unspecified atom stereocenters. The second kappa shape index (κ2) is 8.57. The molecule has 0 aliphatic carbocycles. The Morgan fingerprint density at radius 2 is 2.00 bits per heavy atom. The zero-order valence-corrected chi connectivity index (χ0v) is 17.8. The first kappa shape index (κ1) is 19.4. The highest BCUT2D eigenvalue weighted by molar-refractivity contribution is 9.10. The zero-order valence-electron chi connectivity index (χ0n) is 13.9. The molecule has 1 fully saturated rings. The summed E-state index contributed by atoms with van der Waals surface area (Å²) in [5, 5.41) is 0.531. The van der Waals surface area contributed by atoms with Crippen molar-refractivity contribution in [2.75, 3.05) is 11.5 Å². The summed E-state index contributed by atoms with van der Waals surface area (Å²) >= 11 is 16.2. The Balaban J connectivity index is 1.81. The molecule has 0 saturated carbocycles. The van der Waals surface area contributed by atoms with Crippen molar-refractivity contribution in [3.63, 3.8) is 0 Å². The van der Waals surface area contributed by atoms with Crippen molar-refractivity contribution < 1.29 is 9.53 Å². The fourth-order valence-electron chi connectivity index (χ4n) is 2.35. The number of carbonyl (C=O) groups is 1. The number of halogens is 2. The van der Waals surface area contributed by atoms with E-state index in [4.69, 9.17) is 28.6 Å². The van der Waals surface area contributed by atoms with Crippen LogP contribution in [0.2, 0.25) is 5.02 Å². The van der Waals surface area contributed by atoms with Gasteiger partial charge in [-0.15, -0.1) is 0 Å². The molecule has 1 amide bonds. The van der Waals surface area contributed by atoms with Gasteiger partial charge in [0.2, 0.25) is 0 Å². The third kappa shape index (κ3) is 4.31. The van der Waals surface area contributed by atoms with Gasteiger partial charge in [-0.25, -0.2) is 0 Å². The van der Waals surface area contributed by atoms with Crippen molar-refractivity contribution in [1.82, 2.24) is 0 Å². The molecular formula is C19H15BrClNO2S2. The van der Waals surface area contributed by atoms with Crippen molar-refractivity contribution in [1.29, 1.82) is 0 Å². The minimum absolute atomic E-state index is 0.148. The Morgan fingerprint density at radius 3 is 2.65 bits per heavy atom. The van der Waals surface area contributed by atoms with Crippen LogP contribution in [0.25, 0.3) is 6.08 Å². The van der Waals surface area contributed by atoms with E-state index < -0.39 is 0 Å². The summed E-state index contributed by atoms with van der Waals surface area (Å²) in [5.74, 6) is 0.672. The fourth-order valence-corrected chi connectivity index (χ4v) is 4.07. The topological polar surface area (TPSA) is 29.5 Å². The van der Waals surface area contributed by atoms with Gasteiger partial charge in [-0.1, -0.05) is 54.6 Å². The molecule has 1 aliphatic rings. The summed E-state index contributed by atoms with van der Waals surface area (Å²) in [6.07, 6.45) is 2.80. The molecular weight excluding hydrogens is 454 g/mol. The number of hydrogen-bond acceptors (Lipinski definition) is 4. The Bertz CT molecular complexity index is 884. The normalized spacial score (nSPS) is 15.8. The van der Waals surface area contributed by atoms with E-state index >= 15 is 0 Å². The monoisotopic (exact) mass is 467 g/mol. The molecule has 0 spiro atoms. The van der Waals surface area contributed by atoms with Crippen LogP contribution in [0.1, 0.15) is 18.9 Å². The Labute approximate surface area is 175 Å². The van der Waals surface area contributed by atoms with Crippen LogP contribution in [0.4, 0.5) is 5.69 Å². The van der Waals surface area contributed by atoms with Crippen molar-refractivity contribution in [3.8, 4) is 5.75 Å². The molecule has 1 aliphatic heterocycles. The van der Waals surface area contributed by atoms with Gasteiger partial charge in [-0.05, 0) is 64.3 Å². The molecule has 1 heterocycles. The van der Waals surface area contributed by atoms with E-state index in [0.717, 1.165) is 22.2 Å². The van der Waals surface area contributed by atoms with Gasteiger partial charge in [0.1, 0.15) is 5.75 Å². The Kier molecular flexibility index (Phi) is 6.40. The van der Waals surface area contributed by atoms with E-state index in [1.807, 2.05) is 36.4 Å². The molecule has 2 aromatic rings. The lowest BCUT2D eigenvalue weighted by Crippen LogP contribution is -2.27. The van der Waals surface area contributed by atoms with Crippen molar-refractivity contribution in [2.24, 2.45) is 0 Å². The lowest BCUT2D eigenvalue weighted by Gasteiger charge is -2.15. The summed E-state index contributed by atoms with van der Waals surface area (Å²) < 4.78 is 6.84. The predicted molar refractivity (Wildman–Crippen MR) is 117 cm³/mol. The zero-order chi connectivity index (χ0) is 18.7. The van der Waals surface area contributed by atoms with Crippen LogP contribution in [0.3, 0.4) is 0 Å². The van der Waals surface area contributed by atoms with Gasteiger partial charge in [0.25, 0.3) is 5.91 Å². The average Bonchev–Trinajstić information content (AvgIpc) is 2.90. The maximum atomic E-state index is 12.8. The minimum Gasteiger partial charge on any atom is -0.494 e. The Hall–Kier alpha value is -1.34. The number of thioether (sulfide) groups is 1. The van der Waals surface area contributed by atoms with E-state index in [1.165, 1.54) is 16.7 Å². The van der Waals surface area contributed by atoms with E-state index in [2.05, 4.69) is 22.9 Å². The van der Waals surface area contributed by atoms with Crippen LogP contribution in [0.5, 0.6) is 5.75 Å². The van der Waals surface area contributed by atoms with Crippen molar-refractivity contribution in [3.05, 3.63) is 62.4 Å². The Morgan fingerprint density at radius 1 is 1.27 bits per heavy atom. The summed E-state index contributed by atoms with van der Waals surface area (Å²) in [7, 11) is 0. The molecule has 0 bridgehead atoms. The number of nitrogens with zero attached hydrogens (tertiary/aromatic N) is 1. The molecule has 0 radical (unpaired) electrons. The van der Waals surface area contributed by atoms with Crippen LogP contribution < -0.4 is 9.64 Å². The molecule has 1 saturated heterocycles. The lowest BCUT2D eigenvalue weighted by atomic mass is 10.2. The molecule has 3 nitrogen and oxygen atoms in total. The van der Waals surface area contributed by atoms with Crippen molar-refractivity contribution in [2.45, 2.75) is 13.3 Å². The quantitative estimate of drug-likeness (QED) is 0.380. The van der Waals surface area contributed by atoms with Crippen LogP contribution in [0, 0.1) is 0 Å². The molecule has 26 heavy (non-hydrogen) atoms. The third-order valence-electron chi connectivity index (χ3n) is 3.61. The first-order chi connectivity index (χ1) is 12.5. The molecule has 0 atom stereocenters. The molecule has 0 aromatic heterocycles. The molecule has 2 aromatic carbocycles. The predicted octanol–water partition coefficient (Wildman–Crippen LogP) is 6.30. The van der Waals surface area contributed by atoms with E-state index in [9.17, 15) is 4.79 Å². The summed E-state index contributed by atoms with van der Waals surface area (Å²) in [6.45, 7) is 2.75. The van der Waals surface area contributed by atoms with Crippen LogP contribution in [-0.4, -0.2) is 16.8 Å². The molecule has 3 rings (SSSR count). The standard InChI is InChI=1S/C19H15BrClNO2S2/c1-2-9-24-14-6-3-12(4-7-14)10-17-18(23)22(19(25)26-17)13-5-8-15(20)16(21)11-13/h3-8,10-11H,2,9H2,1H3/b17-10-. The number of carbonyl (C=O) groups excluding carboxylic acids is 1. The van der Waals surface area contributed by atoms with Gasteiger partial charge in [0, 0.05) is 4.47 Å². The van der Waals surface area contributed by atoms with Gasteiger partial charge >= 0.3 is 0 Å². The largest absolute Gasteiger partial charge is 0.494 e. The number of amides is 1. The highest BCUT2D eigenvalue weighted by atomic mass is 79.9. The highest BCUT2D eigenvalue weighted by Crippen LogP contribution is 2.38. The molecule has 134 valence electrons. The van der Waals surface area contributed by atoms with Gasteiger partial charge in [-0.3, -0.25) is 9.69 Å². The highest BCUT2D eigenvalue weighted by Gasteiger charge is 2.33. The number of rotatable bonds is 5. The fraction of sp³-hybridized carbons (Fsp3) is 0.158. The van der Waals surface area contributed by atoms with Crippen LogP contribution in [0.15, 0.2) is 51.8 Å². The number of ether oxygens (including phenoxy) is 1. The van der Waals surface area contributed by atoms with Crippen molar-refractivity contribution >= 4 is 73.5 Å². The van der Waals surface area contributed by atoms with E-state index in [0.29, 0.717) is 26.5 Å². The summed E-state index contributed by atoms with van der Waals surface area (Å²) in [5.41, 5.74) is 1.58. The second-order valence-electron chi connectivity index (χ2n) is 5.53. The maximum absolute atomic E-state index is 12.8. The number of anilines is 1. The first-order valence-electron chi connectivity index (χ1n) is 7.95. The van der Waals surface area contributed by atoms with E-state index in [1.54, 1.807) is 12.1 Å². The van der Waals surface area contributed by atoms with Crippen LogP contribution >= 0.6 is 51.5 Å². The molecule has 0 N–H and O–H groups in total. The van der Waals surface area contributed by atoms with E-state index in [-0.39, 0.29) is 5.91 Å². The maximum Gasteiger partial charge on any atom is 0.270 e. The second-order valence-corrected chi connectivity index (χ2v) is 8.47.